The Morgan fingerprint density at radius 2 is 1.85 bits per heavy atom. The number of nitrogens with zero attached hydrogens (tertiary/aromatic N) is 1. The molecule has 0 radical (unpaired) electrons. The molecule has 1 N–H and O–H groups in total. The fourth-order valence-electron chi connectivity index (χ4n) is 2.03. The SMILES string of the molecule is CCS(=O)(=O)Nc1ccc(-c2cnccc2C)c(C)c1. The van der Waals surface area contributed by atoms with E-state index >= 15 is 0 Å². The van der Waals surface area contributed by atoms with Gasteiger partial charge in [-0.15, -0.1) is 0 Å². The quantitative estimate of drug-likeness (QED) is 0.941. The van der Waals surface area contributed by atoms with Crippen molar-refractivity contribution in [2.45, 2.75) is 20.8 Å². The number of pyridine rings is 1. The zero-order chi connectivity index (χ0) is 14.8. The van der Waals surface area contributed by atoms with Crippen molar-refractivity contribution in [3.8, 4) is 11.1 Å². The highest BCUT2D eigenvalue weighted by molar-refractivity contribution is 7.92. The number of aromatic nitrogens is 1. The second kappa shape index (κ2) is 5.63. The van der Waals surface area contributed by atoms with Crippen LogP contribution in [0.4, 0.5) is 5.69 Å². The maximum Gasteiger partial charge on any atom is 0.232 e. The Balaban J connectivity index is 2.39. The van der Waals surface area contributed by atoms with E-state index in [-0.39, 0.29) is 5.75 Å². The standard InChI is InChI=1S/C15H18N2O2S/c1-4-20(18,19)17-13-5-6-14(12(3)9-13)15-10-16-8-7-11(15)2/h5-10,17H,4H2,1-3H3. The number of nitrogens with one attached hydrogen (secondary N) is 1. The van der Waals surface area contributed by atoms with Gasteiger partial charge in [-0.1, -0.05) is 6.07 Å². The summed E-state index contributed by atoms with van der Waals surface area (Å²) in [4.78, 5) is 4.15. The molecule has 1 aromatic heterocycles. The third-order valence-electron chi connectivity index (χ3n) is 3.21. The van der Waals surface area contributed by atoms with Crippen LogP contribution in [0.5, 0.6) is 0 Å². The van der Waals surface area contributed by atoms with Crippen molar-refractivity contribution in [1.29, 1.82) is 0 Å². The predicted molar refractivity (Wildman–Crippen MR) is 82.2 cm³/mol. The molecule has 5 heteroatoms. The summed E-state index contributed by atoms with van der Waals surface area (Å²) in [7, 11) is -3.24. The first-order valence-corrected chi connectivity index (χ1v) is 8.10. The molecule has 0 fully saturated rings. The van der Waals surface area contributed by atoms with Crippen LogP contribution in [-0.2, 0) is 10.0 Å². The van der Waals surface area contributed by atoms with Gasteiger partial charge in [0.05, 0.1) is 5.75 Å². The molecule has 0 saturated carbocycles. The summed E-state index contributed by atoms with van der Waals surface area (Å²) >= 11 is 0. The highest BCUT2D eigenvalue weighted by Crippen LogP contribution is 2.28. The first-order chi connectivity index (χ1) is 9.43. The van der Waals surface area contributed by atoms with Crippen molar-refractivity contribution >= 4 is 15.7 Å². The van der Waals surface area contributed by atoms with Gasteiger partial charge < -0.3 is 0 Å². The molecule has 0 aliphatic rings. The number of aryl methyl sites for hydroxylation is 2. The number of rotatable bonds is 4. The van der Waals surface area contributed by atoms with Crippen LogP contribution in [0, 0.1) is 13.8 Å². The van der Waals surface area contributed by atoms with Gasteiger partial charge in [-0.05, 0) is 55.7 Å². The van der Waals surface area contributed by atoms with Gasteiger partial charge in [0.1, 0.15) is 0 Å². The van der Waals surface area contributed by atoms with Crippen molar-refractivity contribution in [2.24, 2.45) is 0 Å². The fourth-order valence-corrected chi connectivity index (χ4v) is 2.66. The molecule has 0 bridgehead atoms. The van der Waals surface area contributed by atoms with E-state index < -0.39 is 10.0 Å². The first-order valence-electron chi connectivity index (χ1n) is 6.45. The lowest BCUT2D eigenvalue weighted by atomic mass is 9.98. The molecular weight excluding hydrogens is 272 g/mol. The average molecular weight is 290 g/mol. The first kappa shape index (κ1) is 14.5. The molecule has 1 aromatic carbocycles. The molecule has 2 aromatic rings. The van der Waals surface area contributed by atoms with Gasteiger partial charge >= 0.3 is 0 Å². The lowest BCUT2D eigenvalue weighted by Crippen LogP contribution is -2.14. The number of hydrogen-bond acceptors (Lipinski definition) is 3. The summed E-state index contributed by atoms with van der Waals surface area (Å²) in [6, 6.07) is 7.51. The lowest BCUT2D eigenvalue weighted by molar-refractivity contribution is 0.602. The van der Waals surface area contributed by atoms with Crippen LogP contribution in [0.2, 0.25) is 0 Å². The third kappa shape index (κ3) is 3.17. The molecule has 106 valence electrons. The fraction of sp³-hybridized carbons (Fsp3) is 0.267. The minimum absolute atomic E-state index is 0.0650. The molecule has 4 nitrogen and oxygen atoms in total. The summed E-state index contributed by atoms with van der Waals surface area (Å²) in [6.07, 6.45) is 3.59. The van der Waals surface area contributed by atoms with Gasteiger partial charge in [0.15, 0.2) is 0 Å². The summed E-state index contributed by atoms with van der Waals surface area (Å²) in [5.41, 5.74) is 4.88. The molecule has 1 heterocycles. The maximum atomic E-state index is 11.6. The van der Waals surface area contributed by atoms with E-state index in [1.54, 1.807) is 19.2 Å². The highest BCUT2D eigenvalue weighted by Gasteiger charge is 2.09. The Bertz CT molecular complexity index is 724. The smallest absolute Gasteiger partial charge is 0.232 e. The van der Waals surface area contributed by atoms with Gasteiger partial charge in [0.2, 0.25) is 10.0 Å². The van der Waals surface area contributed by atoms with Gasteiger partial charge in [-0.2, -0.15) is 0 Å². The molecule has 0 unspecified atom stereocenters. The second-order valence-electron chi connectivity index (χ2n) is 4.73. The normalized spacial score (nSPS) is 11.3. The van der Waals surface area contributed by atoms with Crippen molar-refractivity contribution in [3.05, 3.63) is 47.8 Å². The van der Waals surface area contributed by atoms with Crippen molar-refractivity contribution in [1.82, 2.24) is 4.98 Å². The monoisotopic (exact) mass is 290 g/mol. The van der Waals surface area contributed by atoms with Crippen LogP contribution in [0.15, 0.2) is 36.7 Å². The zero-order valence-electron chi connectivity index (χ0n) is 11.8. The molecule has 0 atom stereocenters. The molecule has 0 amide bonds. The van der Waals surface area contributed by atoms with Crippen LogP contribution in [-0.4, -0.2) is 19.2 Å². The van der Waals surface area contributed by atoms with E-state index in [2.05, 4.69) is 9.71 Å². The van der Waals surface area contributed by atoms with Gasteiger partial charge in [-0.25, -0.2) is 8.42 Å². The van der Waals surface area contributed by atoms with Crippen LogP contribution in [0.1, 0.15) is 18.1 Å². The molecule has 0 aliphatic carbocycles. The molecular formula is C15H18N2O2S. The minimum atomic E-state index is -3.24. The third-order valence-corrected chi connectivity index (χ3v) is 4.52. The summed E-state index contributed by atoms with van der Waals surface area (Å²) < 4.78 is 25.7. The van der Waals surface area contributed by atoms with Gasteiger partial charge in [0, 0.05) is 23.6 Å². The molecule has 20 heavy (non-hydrogen) atoms. The summed E-state index contributed by atoms with van der Waals surface area (Å²) in [5, 5.41) is 0. The van der Waals surface area contributed by atoms with Crippen LogP contribution in [0.3, 0.4) is 0 Å². The summed E-state index contributed by atoms with van der Waals surface area (Å²) in [5.74, 6) is 0.0650. The number of benzene rings is 1. The van der Waals surface area contributed by atoms with Crippen molar-refractivity contribution in [2.75, 3.05) is 10.5 Å². The van der Waals surface area contributed by atoms with Crippen molar-refractivity contribution in [3.63, 3.8) is 0 Å². The van der Waals surface area contributed by atoms with Gasteiger partial charge in [-0.3, -0.25) is 9.71 Å². The zero-order valence-corrected chi connectivity index (χ0v) is 12.7. The van der Waals surface area contributed by atoms with Gasteiger partial charge in [0.25, 0.3) is 0 Å². The highest BCUT2D eigenvalue weighted by atomic mass is 32.2. The number of sulfonamides is 1. The second-order valence-corrected chi connectivity index (χ2v) is 6.74. The minimum Gasteiger partial charge on any atom is -0.284 e. The van der Waals surface area contributed by atoms with E-state index in [9.17, 15) is 8.42 Å². The molecule has 0 spiro atoms. The lowest BCUT2D eigenvalue weighted by Gasteiger charge is -2.12. The van der Waals surface area contributed by atoms with Crippen LogP contribution >= 0.6 is 0 Å². The largest absolute Gasteiger partial charge is 0.284 e. The Morgan fingerprint density at radius 3 is 2.45 bits per heavy atom. The van der Waals surface area contributed by atoms with E-state index in [4.69, 9.17) is 0 Å². The van der Waals surface area contributed by atoms with E-state index in [0.29, 0.717) is 5.69 Å². The predicted octanol–water partition coefficient (Wildman–Crippen LogP) is 3.13. The van der Waals surface area contributed by atoms with E-state index in [1.165, 1.54) is 0 Å². The average Bonchev–Trinajstić information content (AvgIpc) is 2.40. The molecule has 0 saturated heterocycles. The molecule has 0 aliphatic heterocycles. The Kier molecular flexibility index (Phi) is 4.09. The van der Waals surface area contributed by atoms with Crippen molar-refractivity contribution < 1.29 is 8.42 Å². The molecule has 2 rings (SSSR count). The van der Waals surface area contributed by atoms with Crippen LogP contribution in [0.25, 0.3) is 11.1 Å². The van der Waals surface area contributed by atoms with E-state index in [1.807, 2.05) is 38.2 Å². The Hall–Kier alpha value is -1.88. The number of anilines is 1. The summed E-state index contributed by atoms with van der Waals surface area (Å²) in [6.45, 7) is 5.61. The maximum absolute atomic E-state index is 11.6. The van der Waals surface area contributed by atoms with E-state index in [0.717, 1.165) is 22.3 Å². The van der Waals surface area contributed by atoms with Crippen LogP contribution < -0.4 is 4.72 Å². The number of hydrogen-bond donors (Lipinski definition) is 1. The topological polar surface area (TPSA) is 59.1 Å². The Morgan fingerprint density at radius 1 is 1.10 bits per heavy atom. The Labute approximate surface area is 119 Å².